The minimum absolute atomic E-state index is 0.0934. The van der Waals surface area contributed by atoms with Crippen LogP contribution in [0.3, 0.4) is 0 Å². The van der Waals surface area contributed by atoms with Crippen molar-refractivity contribution in [3.8, 4) is 0 Å². The molecule has 1 aromatic heterocycles. The normalized spacial score (nSPS) is 14.2. The highest BCUT2D eigenvalue weighted by atomic mass is 32.1. The highest BCUT2D eigenvalue weighted by Crippen LogP contribution is 2.30. The first-order valence-corrected chi connectivity index (χ1v) is 8.29. The monoisotopic (exact) mass is 330 g/mol. The minimum Gasteiger partial charge on any atom is -0.324 e. The van der Waals surface area contributed by atoms with E-state index in [0.717, 1.165) is 4.88 Å². The number of hydrogen-bond acceptors (Lipinski definition) is 4. The molecular weight excluding hydrogens is 312 g/mol. The van der Waals surface area contributed by atoms with Gasteiger partial charge in [0.05, 0.1) is 11.4 Å². The molecule has 3 amide bonds. The fourth-order valence-electron chi connectivity index (χ4n) is 2.34. The molecule has 0 aliphatic carbocycles. The average molecular weight is 330 g/mol. The van der Waals surface area contributed by atoms with Crippen LogP contribution in [0.5, 0.6) is 0 Å². The quantitative estimate of drug-likeness (QED) is 0.882. The summed E-state index contributed by atoms with van der Waals surface area (Å²) in [6.07, 6.45) is 2.05. The molecule has 0 saturated carbocycles. The zero-order valence-electron chi connectivity index (χ0n) is 13.0. The van der Waals surface area contributed by atoms with E-state index in [4.69, 9.17) is 0 Å². The van der Waals surface area contributed by atoms with E-state index < -0.39 is 0 Å². The van der Waals surface area contributed by atoms with E-state index >= 15 is 0 Å². The Morgan fingerprint density at radius 1 is 1.39 bits per heavy atom. The fraction of sp³-hybridized carbons (Fsp3) is 0.312. The van der Waals surface area contributed by atoms with Gasteiger partial charge in [-0.1, -0.05) is 26.0 Å². The Morgan fingerprint density at radius 2 is 2.17 bits per heavy atom. The lowest BCUT2D eigenvalue weighted by Crippen LogP contribution is -2.35. The summed E-state index contributed by atoms with van der Waals surface area (Å²) < 4.78 is 0. The lowest BCUT2D eigenvalue weighted by atomic mass is 10.2. The predicted octanol–water partition coefficient (Wildman–Crippen LogP) is 3.65. The third-order valence-corrected chi connectivity index (χ3v) is 4.80. The lowest BCUT2D eigenvalue weighted by molar-refractivity contribution is -0.115. The Balaban J connectivity index is 1.82. The summed E-state index contributed by atoms with van der Waals surface area (Å²) in [5.74, 6) is 0.281. The summed E-state index contributed by atoms with van der Waals surface area (Å²) in [4.78, 5) is 31.3. The van der Waals surface area contributed by atoms with Gasteiger partial charge in [-0.2, -0.15) is 0 Å². The summed E-state index contributed by atoms with van der Waals surface area (Å²) in [5, 5.41) is 6.21. The number of hydrogen-bond donors (Lipinski definition) is 2. The number of rotatable bonds is 2. The van der Waals surface area contributed by atoms with Gasteiger partial charge in [0.25, 0.3) is 0 Å². The molecule has 23 heavy (non-hydrogen) atoms. The second kappa shape index (κ2) is 6.37. The van der Waals surface area contributed by atoms with E-state index in [9.17, 15) is 9.59 Å². The predicted molar refractivity (Wildman–Crippen MR) is 92.3 cm³/mol. The first-order chi connectivity index (χ1) is 11.0. The SMILES string of the molecule is CC(C)c1cnc(NC(=O)N2CCC(=O)Nc3ccccc32)s1. The molecule has 0 atom stereocenters. The number of nitrogens with one attached hydrogen (secondary N) is 2. The number of para-hydroxylation sites is 2. The summed E-state index contributed by atoms with van der Waals surface area (Å²) in [6.45, 7) is 4.50. The number of carbonyl (C=O) groups is 2. The Hall–Kier alpha value is -2.41. The number of thiazole rings is 1. The van der Waals surface area contributed by atoms with Crippen molar-refractivity contribution in [1.29, 1.82) is 0 Å². The van der Waals surface area contributed by atoms with E-state index in [1.54, 1.807) is 17.2 Å². The van der Waals surface area contributed by atoms with Gasteiger partial charge in [-0.05, 0) is 18.1 Å². The molecule has 120 valence electrons. The molecule has 0 fully saturated rings. The van der Waals surface area contributed by atoms with Crippen LogP contribution in [-0.4, -0.2) is 23.5 Å². The summed E-state index contributed by atoms with van der Waals surface area (Å²) in [5.41, 5.74) is 1.34. The smallest absolute Gasteiger partial charge is 0.324 e. The number of amides is 3. The number of anilines is 3. The molecule has 7 heteroatoms. The highest BCUT2D eigenvalue weighted by Gasteiger charge is 2.24. The molecule has 2 N–H and O–H groups in total. The number of carbonyl (C=O) groups excluding carboxylic acids is 2. The van der Waals surface area contributed by atoms with Gasteiger partial charge < -0.3 is 5.32 Å². The average Bonchev–Trinajstić information content (AvgIpc) is 2.90. The van der Waals surface area contributed by atoms with Crippen LogP contribution in [0.4, 0.5) is 21.3 Å². The van der Waals surface area contributed by atoms with Crippen molar-refractivity contribution in [3.63, 3.8) is 0 Å². The summed E-state index contributed by atoms with van der Waals surface area (Å²) in [6, 6.07) is 7.01. The highest BCUT2D eigenvalue weighted by molar-refractivity contribution is 7.15. The van der Waals surface area contributed by atoms with Crippen LogP contribution < -0.4 is 15.5 Å². The Morgan fingerprint density at radius 3 is 2.91 bits per heavy atom. The first kappa shape index (κ1) is 15.5. The molecule has 1 aliphatic heterocycles. The van der Waals surface area contributed by atoms with Gasteiger partial charge in [0.15, 0.2) is 5.13 Å². The maximum Gasteiger partial charge on any atom is 0.328 e. The maximum atomic E-state index is 12.6. The van der Waals surface area contributed by atoms with E-state index in [1.165, 1.54) is 11.3 Å². The lowest BCUT2D eigenvalue weighted by Gasteiger charge is -2.21. The van der Waals surface area contributed by atoms with Crippen molar-refractivity contribution in [2.24, 2.45) is 0 Å². The van der Waals surface area contributed by atoms with Crippen molar-refractivity contribution in [2.75, 3.05) is 22.1 Å². The maximum absolute atomic E-state index is 12.6. The molecule has 1 aromatic carbocycles. The molecule has 0 radical (unpaired) electrons. The van der Waals surface area contributed by atoms with Gasteiger partial charge in [0.2, 0.25) is 5.91 Å². The van der Waals surface area contributed by atoms with Crippen LogP contribution in [0.2, 0.25) is 0 Å². The van der Waals surface area contributed by atoms with E-state index in [1.807, 2.05) is 18.2 Å². The molecule has 3 rings (SSSR count). The molecule has 2 aromatic rings. The zero-order chi connectivity index (χ0) is 16.4. The van der Waals surface area contributed by atoms with Crippen molar-refractivity contribution in [1.82, 2.24) is 4.98 Å². The van der Waals surface area contributed by atoms with Crippen LogP contribution in [-0.2, 0) is 4.79 Å². The molecule has 0 unspecified atom stereocenters. The first-order valence-electron chi connectivity index (χ1n) is 7.47. The van der Waals surface area contributed by atoms with Gasteiger partial charge in [0, 0.05) is 24.0 Å². The zero-order valence-corrected chi connectivity index (χ0v) is 13.8. The number of aromatic nitrogens is 1. The van der Waals surface area contributed by atoms with Gasteiger partial charge >= 0.3 is 6.03 Å². The van der Waals surface area contributed by atoms with Crippen molar-refractivity contribution >= 4 is 39.8 Å². The Labute approximate surface area is 138 Å². The third-order valence-electron chi connectivity index (χ3n) is 3.58. The second-order valence-corrected chi connectivity index (χ2v) is 6.68. The van der Waals surface area contributed by atoms with E-state index in [2.05, 4.69) is 29.5 Å². The van der Waals surface area contributed by atoms with Crippen LogP contribution in [0.15, 0.2) is 30.5 Å². The Kier molecular flexibility index (Phi) is 4.29. The number of fused-ring (bicyclic) bond motifs is 1. The van der Waals surface area contributed by atoms with Gasteiger partial charge in [-0.3, -0.25) is 15.0 Å². The van der Waals surface area contributed by atoms with Gasteiger partial charge in [-0.15, -0.1) is 11.3 Å². The number of benzene rings is 1. The van der Waals surface area contributed by atoms with Gasteiger partial charge in [-0.25, -0.2) is 9.78 Å². The molecule has 0 spiro atoms. The van der Waals surface area contributed by atoms with Gasteiger partial charge in [0.1, 0.15) is 0 Å². The molecule has 1 aliphatic rings. The molecule has 6 nitrogen and oxygen atoms in total. The minimum atomic E-state index is -0.279. The van der Waals surface area contributed by atoms with E-state index in [-0.39, 0.29) is 18.4 Å². The van der Waals surface area contributed by atoms with Crippen molar-refractivity contribution in [3.05, 3.63) is 35.3 Å². The fourth-order valence-corrected chi connectivity index (χ4v) is 3.15. The third kappa shape index (κ3) is 3.34. The largest absolute Gasteiger partial charge is 0.328 e. The number of urea groups is 1. The summed E-state index contributed by atoms with van der Waals surface area (Å²) >= 11 is 1.47. The Bertz CT molecular complexity index is 741. The standard InChI is InChI=1S/C16H18N4O2S/c1-10(2)13-9-17-15(23-13)19-16(22)20-8-7-14(21)18-11-5-3-4-6-12(11)20/h3-6,9-10H,7-8H2,1-2H3,(H,18,21)(H,17,19,22). The van der Waals surface area contributed by atoms with Crippen LogP contribution in [0, 0.1) is 0 Å². The van der Waals surface area contributed by atoms with Crippen LogP contribution in [0.25, 0.3) is 0 Å². The summed E-state index contributed by atoms with van der Waals surface area (Å²) in [7, 11) is 0. The molecule has 0 saturated heterocycles. The molecular formula is C16H18N4O2S. The van der Waals surface area contributed by atoms with Crippen LogP contribution >= 0.6 is 11.3 Å². The van der Waals surface area contributed by atoms with Crippen molar-refractivity contribution < 1.29 is 9.59 Å². The topological polar surface area (TPSA) is 74.3 Å². The number of nitrogens with zero attached hydrogens (tertiary/aromatic N) is 2. The second-order valence-electron chi connectivity index (χ2n) is 5.62. The van der Waals surface area contributed by atoms with E-state index in [0.29, 0.717) is 29.0 Å². The molecule has 2 heterocycles. The van der Waals surface area contributed by atoms with Crippen LogP contribution in [0.1, 0.15) is 31.1 Å². The van der Waals surface area contributed by atoms with Crippen molar-refractivity contribution in [2.45, 2.75) is 26.2 Å². The molecule has 0 bridgehead atoms.